The molecular formula is C17H22F2O. The zero-order valence-corrected chi connectivity index (χ0v) is 12.0. The van der Waals surface area contributed by atoms with Crippen LogP contribution in [0, 0.1) is 23.5 Å². The summed E-state index contributed by atoms with van der Waals surface area (Å²) in [5.74, 6) is 0.440. The van der Waals surface area contributed by atoms with Gasteiger partial charge in [0.2, 0.25) is 5.82 Å². The third-order valence-corrected chi connectivity index (χ3v) is 4.88. The van der Waals surface area contributed by atoms with Gasteiger partial charge >= 0.3 is 0 Å². The molecule has 2 aliphatic carbocycles. The Hall–Kier alpha value is -1.12. The molecule has 20 heavy (non-hydrogen) atoms. The zero-order valence-electron chi connectivity index (χ0n) is 12.0. The van der Waals surface area contributed by atoms with Gasteiger partial charge in [0.15, 0.2) is 11.6 Å². The number of hydrogen-bond acceptors (Lipinski definition) is 1. The minimum Gasteiger partial charge on any atom is -0.491 e. The highest BCUT2D eigenvalue weighted by Crippen LogP contribution is 2.47. The molecular weight excluding hydrogens is 258 g/mol. The van der Waals surface area contributed by atoms with Crippen LogP contribution in [0.15, 0.2) is 12.1 Å². The molecule has 1 aromatic rings. The maximum Gasteiger partial charge on any atom is 0.200 e. The summed E-state index contributed by atoms with van der Waals surface area (Å²) in [6.07, 6.45) is 7.08. The minimum absolute atomic E-state index is 0.0282. The number of ether oxygens (including phenoxy) is 1. The molecule has 3 rings (SSSR count). The van der Waals surface area contributed by atoms with E-state index in [1.165, 1.54) is 25.7 Å². The lowest BCUT2D eigenvalue weighted by molar-refractivity contribution is 0.287. The molecule has 0 saturated heterocycles. The molecule has 0 unspecified atom stereocenters. The average Bonchev–Trinajstić information content (AvgIpc) is 3.29. The number of hydrogen-bond donors (Lipinski definition) is 0. The molecule has 0 aliphatic heterocycles. The molecule has 0 aromatic heterocycles. The molecule has 2 fully saturated rings. The molecule has 3 heteroatoms. The maximum atomic E-state index is 14.2. The molecule has 110 valence electrons. The van der Waals surface area contributed by atoms with Crippen molar-refractivity contribution in [2.24, 2.45) is 11.8 Å². The third-order valence-electron chi connectivity index (χ3n) is 4.88. The largest absolute Gasteiger partial charge is 0.491 e. The van der Waals surface area contributed by atoms with Gasteiger partial charge in [-0.2, -0.15) is 4.39 Å². The van der Waals surface area contributed by atoms with Crippen molar-refractivity contribution in [2.75, 3.05) is 6.61 Å². The summed E-state index contributed by atoms with van der Waals surface area (Å²) in [5, 5.41) is 0. The van der Waals surface area contributed by atoms with Gasteiger partial charge in [-0.1, -0.05) is 6.07 Å². The van der Waals surface area contributed by atoms with Crippen LogP contribution < -0.4 is 4.74 Å². The van der Waals surface area contributed by atoms with Crippen molar-refractivity contribution in [3.8, 4) is 5.75 Å². The minimum atomic E-state index is -0.825. The highest BCUT2D eigenvalue weighted by atomic mass is 19.2. The molecule has 0 spiro atoms. The summed E-state index contributed by atoms with van der Waals surface area (Å²) in [5.41, 5.74) is 0.542. The first-order chi connectivity index (χ1) is 9.70. The van der Waals surface area contributed by atoms with Crippen LogP contribution in [0.1, 0.15) is 56.9 Å². The van der Waals surface area contributed by atoms with Crippen molar-refractivity contribution in [2.45, 2.75) is 51.4 Å². The van der Waals surface area contributed by atoms with E-state index in [1.54, 1.807) is 19.1 Å². The highest BCUT2D eigenvalue weighted by molar-refractivity contribution is 5.33. The van der Waals surface area contributed by atoms with E-state index in [-0.39, 0.29) is 11.7 Å². The van der Waals surface area contributed by atoms with Crippen molar-refractivity contribution in [3.05, 3.63) is 29.3 Å². The Morgan fingerprint density at radius 3 is 2.10 bits per heavy atom. The molecule has 2 aliphatic rings. The van der Waals surface area contributed by atoms with Crippen LogP contribution in [0.2, 0.25) is 0 Å². The Bertz CT molecular complexity index is 474. The second-order valence-corrected chi connectivity index (χ2v) is 6.16. The molecule has 0 amide bonds. The van der Waals surface area contributed by atoms with Crippen LogP contribution in [0.3, 0.4) is 0 Å². The molecule has 0 heterocycles. The fourth-order valence-corrected chi connectivity index (χ4v) is 3.60. The quantitative estimate of drug-likeness (QED) is 0.750. The van der Waals surface area contributed by atoms with Gasteiger partial charge in [-0.3, -0.25) is 0 Å². The van der Waals surface area contributed by atoms with E-state index < -0.39 is 11.6 Å². The van der Waals surface area contributed by atoms with Crippen molar-refractivity contribution in [1.29, 1.82) is 0 Å². The molecule has 0 bridgehead atoms. The highest BCUT2D eigenvalue weighted by Gasteiger charge is 2.35. The molecule has 1 aromatic carbocycles. The lowest BCUT2D eigenvalue weighted by Crippen LogP contribution is -2.16. The van der Waals surface area contributed by atoms with Gasteiger partial charge in [-0.05, 0) is 74.8 Å². The van der Waals surface area contributed by atoms with Gasteiger partial charge < -0.3 is 4.74 Å². The molecule has 0 atom stereocenters. The van der Waals surface area contributed by atoms with E-state index in [0.29, 0.717) is 12.2 Å². The topological polar surface area (TPSA) is 9.23 Å². The molecule has 2 saturated carbocycles. The van der Waals surface area contributed by atoms with Gasteiger partial charge in [0.05, 0.1) is 6.61 Å². The van der Waals surface area contributed by atoms with Crippen LogP contribution in [0.25, 0.3) is 0 Å². The van der Waals surface area contributed by atoms with Crippen LogP contribution in [0.5, 0.6) is 5.75 Å². The van der Waals surface area contributed by atoms with Crippen molar-refractivity contribution in [3.63, 3.8) is 0 Å². The van der Waals surface area contributed by atoms with E-state index in [9.17, 15) is 8.78 Å². The first-order valence-electron chi connectivity index (χ1n) is 7.81. The summed E-state index contributed by atoms with van der Waals surface area (Å²) >= 11 is 0. The average molecular weight is 280 g/mol. The van der Waals surface area contributed by atoms with E-state index >= 15 is 0 Å². The number of rotatable bonds is 4. The second kappa shape index (κ2) is 5.71. The van der Waals surface area contributed by atoms with Crippen molar-refractivity contribution in [1.82, 2.24) is 0 Å². The van der Waals surface area contributed by atoms with Crippen LogP contribution in [-0.4, -0.2) is 6.61 Å². The second-order valence-electron chi connectivity index (χ2n) is 6.16. The fraction of sp³-hybridized carbons (Fsp3) is 0.647. The summed E-state index contributed by atoms with van der Waals surface area (Å²) in [6.45, 7) is 2.12. The van der Waals surface area contributed by atoms with E-state index in [0.717, 1.165) is 24.7 Å². The third kappa shape index (κ3) is 2.68. The Morgan fingerprint density at radius 1 is 0.950 bits per heavy atom. The zero-order chi connectivity index (χ0) is 14.1. The predicted molar refractivity (Wildman–Crippen MR) is 75.0 cm³/mol. The first-order valence-corrected chi connectivity index (χ1v) is 7.81. The Balaban J connectivity index is 1.72. The molecule has 0 N–H and O–H groups in total. The van der Waals surface area contributed by atoms with Crippen LogP contribution >= 0.6 is 0 Å². The fourth-order valence-electron chi connectivity index (χ4n) is 3.60. The Labute approximate surface area is 119 Å². The van der Waals surface area contributed by atoms with Gasteiger partial charge in [-0.25, -0.2) is 4.39 Å². The monoisotopic (exact) mass is 280 g/mol. The summed E-state index contributed by atoms with van der Waals surface area (Å²) in [6, 6.07) is 3.29. The van der Waals surface area contributed by atoms with E-state index in [2.05, 4.69) is 0 Å². The number of benzene rings is 1. The van der Waals surface area contributed by atoms with Gasteiger partial charge in [0.25, 0.3) is 0 Å². The Morgan fingerprint density at radius 2 is 1.55 bits per heavy atom. The Kier molecular flexibility index (Phi) is 3.95. The van der Waals surface area contributed by atoms with Gasteiger partial charge in [-0.15, -0.1) is 0 Å². The summed E-state index contributed by atoms with van der Waals surface area (Å²) in [4.78, 5) is 0. The van der Waals surface area contributed by atoms with E-state index in [1.807, 2.05) is 0 Å². The summed E-state index contributed by atoms with van der Waals surface area (Å²) in [7, 11) is 0. The number of halogens is 2. The normalized spacial score (nSPS) is 26.6. The molecule has 1 nitrogen and oxygen atoms in total. The van der Waals surface area contributed by atoms with Crippen molar-refractivity contribution >= 4 is 0 Å². The SMILES string of the molecule is CCOc1ccc(C2CCC(C3CC3)CC2)c(F)c1F. The maximum absolute atomic E-state index is 14.2. The van der Waals surface area contributed by atoms with Gasteiger partial charge in [0.1, 0.15) is 0 Å². The first kappa shape index (κ1) is 13.8. The van der Waals surface area contributed by atoms with Gasteiger partial charge in [0, 0.05) is 0 Å². The van der Waals surface area contributed by atoms with Crippen molar-refractivity contribution < 1.29 is 13.5 Å². The smallest absolute Gasteiger partial charge is 0.200 e. The van der Waals surface area contributed by atoms with E-state index in [4.69, 9.17) is 4.74 Å². The lowest BCUT2D eigenvalue weighted by atomic mass is 9.77. The standard InChI is InChI=1S/C17H22F2O/c1-2-20-15-10-9-14(16(18)17(15)19)13-7-5-12(6-8-13)11-3-4-11/h9-13H,2-8H2,1H3. The molecule has 0 radical (unpaired) electrons. The van der Waals surface area contributed by atoms with Crippen LogP contribution in [0.4, 0.5) is 8.78 Å². The van der Waals surface area contributed by atoms with Crippen LogP contribution in [-0.2, 0) is 0 Å². The predicted octanol–water partition coefficient (Wildman–Crippen LogP) is 5.05. The lowest BCUT2D eigenvalue weighted by Gasteiger charge is -2.29. The summed E-state index contributed by atoms with van der Waals surface area (Å²) < 4.78 is 33.2.